The Morgan fingerprint density at radius 2 is 1.39 bits per heavy atom. The lowest BCUT2D eigenvalue weighted by atomic mass is 9.81. The van der Waals surface area contributed by atoms with E-state index in [4.69, 9.17) is 14.4 Å². The molecule has 10 aromatic rings. The quantitative estimate of drug-likeness (QED) is 0.178. The van der Waals surface area contributed by atoms with E-state index in [1.165, 1.54) is 48.3 Å². The number of benzene rings is 8. The number of rotatable bonds is 4. The molecule has 2 atom stereocenters. The molecule has 0 fully saturated rings. The number of fused-ring (bicyclic) bond motifs is 12. The standard InChI is InChI=1S/C56H37N3OS/c1-2-15-35(16-3-1)56-57-44(39-22-12-27-51-53(39)42-21-9-11-26-50(42)61-51)23-13-24-45(58-56)40-29-31-47(55-54(40)41-20-8-10-25-49(41)60-55)59-46-30-28-34-14-6-7-19-38(34)52(46)43-32-36-17-4-5-18-37(36)33-48(43)59/h1-12,14-22,24-33,51,53H,13,23H2/b45-24-,57-44+,58-56-. The van der Waals surface area contributed by atoms with Crippen molar-refractivity contribution < 1.29 is 4.42 Å². The van der Waals surface area contributed by atoms with E-state index < -0.39 is 0 Å². The molecule has 2 unspecified atom stereocenters. The zero-order valence-corrected chi connectivity index (χ0v) is 33.9. The fraction of sp³-hybridized carbons (Fsp3) is 0.0714. The fourth-order valence-corrected chi connectivity index (χ4v) is 11.5. The van der Waals surface area contributed by atoms with Crippen LogP contribution in [0.4, 0.5) is 0 Å². The van der Waals surface area contributed by atoms with Gasteiger partial charge in [0, 0.05) is 54.4 Å². The molecule has 4 nitrogen and oxygen atoms in total. The third-order valence-corrected chi connectivity index (χ3v) is 14.2. The Balaban J connectivity index is 1.03. The number of hydrogen-bond acceptors (Lipinski definition) is 4. The normalized spacial score (nSPS) is 20.2. The molecule has 288 valence electrons. The van der Waals surface area contributed by atoms with Gasteiger partial charge in [0.1, 0.15) is 5.58 Å². The number of aliphatic imine (C=N–C) groups is 2. The van der Waals surface area contributed by atoms with Crippen molar-refractivity contribution in [1.82, 2.24) is 4.57 Å². The SMILES string of the molecule is C1=CC2Sc3ccccc3C2C(/C2=N/C(c3ccccc3)=N\C(c3ccc(-n4c5cc6ccccc6cc5c5c6ccccc6ccc54)c4oc5ccccc5c34)=C/CC2)=C1. The van der Waals surface area contributed by atoms with Crippen molar-refractivity contribution in [3.8, 4) is 5.69 Å². The van der Waals surface area contributed by atoms with Gasteiger partial charge in [-0.1, -0.05) is 146 Å². The van der Waals surface area contributed by atoms with Crippen molar-refractivity contribution in [2.24, 2.45) is 9.98 Å². The first-order chi connectivity index (χ1) is 30.2. The molecule has 61 heavy (non-hydrogen) atoms. The predicted octanol–water partition coefficient (Wildman–Crippen LogP) is 14.8. The number of aromatic nitrogens is 1. The zero-order valence-electron chi connectivity index (χ0n) is 33.1. The molecule has 2 aromatic heterocycles. The first kappa shape index (κ1) is 34.6. The smallest absolute Gasteiger partial charge is 0.160 e. The van der Waals surface area contributed by atoms with E-state index in [-0.39, 0.29) is 5.92 Å². The Morgan fingerprint density at radius 1 is 0.623 bits per heavy atom. The van der Waals surface area contributed by atoms with Gasteiger partial charge in [-0.3, -0.25) is 0 Å². The van der Waals surface area contributed by atoms with Crippen LogP contribution in [0.15, 0.2) is 213 Å². The molecule has 13 rings (SSSR count). The first-order valence-corrected chi connectivity index (χ1v) is 22.0. The maximum atomic E-state index is 7.00. The minimum Gasteiger partial charge on any atom is -0.454 e. The van der Waals surface area contributed by atoms with E-state index in [2.05, 4.69) is 193 Å². The molecule has 3 aliphatic rings. The number of amidine groups is 1. The van der Waals surface area contributed by atoms with E-state index in [1.54, 1.807) is 0 Å². The van der Waals surface area contributed by atoms with Gasteiger partial charge in [-0.05, 0) is 88.0 Å². The lowest BCUT2D eigenvalue weighted by Crippen LogP contribution is -2.21. The monoisotopic (exact) mass is 799 g/mol. The molecule has 0 N–H and O–H groups in total. The van der Waals surface area contributed by atoms with Gasteiger partial charge in [0.15, 0.2) is 11.4 Å². The second kappa shape index (κ2) is 13.7. The molecule has 8 aromatic carbocycles. The van der Waals surface area contributed by atoms with Crippen molar-refractivity contribution >= 4 is 94.3 Å². The van der Waals surface area contributed by atoms with Gasteiger partial charge >= 0.3 is 0 Å². The molecule has 0 saturated carbocycles. The fourth-order valence-electron chi connectivity index (χ4n) is 10.1. The van der Waals surface area contributed by atoms with Crippen LogP contribution < -0.4 is 0 Å². The molecule has 5 heteroatoms. The summed E-state index contributed by atoms with van der Waals surface area (Å²) in [4.78, 5) is 12.4. The zero-order chi connectivity index (χ0) is 40.0. The minimum absolute atomic E-state index is 0.270. The van der Waals surface area contributed by atoms with Crippen LogP contribution in [0.2, 0.25) is 0 Å². The highest BCUT2D eigenvalue weighted by atomic mass is 32.2. The van der Waals surface area contributed by atoms with E-state index in [1.807, 2.05) is 11.8 Å². The summed E-state index contributed by atoms with van der Waals surface area (Å²) in [6, 6.07) is 58.8. The summed E-state index contributed by atoms with van der Waals surface area (Å²) in [6.07, 6.45) is 10.8. The largest absolute Gasteiger partial charge is 0.454 e. The molecular weight excluding hydrogens is 763 g/mol. The Labute approximate surface area is 356 Å². The number of para-hydroxylation sites is 1. The molecule has 0 bridgehead atoms. The molecule has 2 aliphatic heterocycles. The van der Waals surface area contributed by atoms with E-state index >= 15 is 0 Å². The van der Waals surface area contributed by atoms with Gasteiger partial charge in [-0.15, -0.1) is 11.8 Å². The van der Waals surface area contributed by atoms with Crippen molar-refractivity contribution in [1.29, 1.82) is 0 Å². The Bertz CT molecular complexity index is 3640. The summed E-state index contributed by atoms with van der Waals surface area (Å²) in [5.74, 6) is 0.991. The highest BCUT2D eigenvalue weighted by Gasteiger charge is 2.37. The van der Waals surface area contributed by atoms with Crippen molar-refractivity contribution in [3.05, 3.63) is 210 Å². The maximum Gasteiger partial charge on any atom is 0.160 e. The number of thioether (sulfide) groups is 1. The van der Waals surface area contributed by atoms with Crippen molar-refractivity contribution in [3.63, 3.8) is 0 Å². The molecule has 1 aliphatic carbocycles. The highest BCUT2D eigenvalue weighted by Crippen LogP contribution is 2.51. The van der Waals surface area contributed by atoms with Crippen LogP contribution in [0.5, 0.6) is 0 Å². The van der Waals surface area contributed by atoms with Crippen LogP contribution in [0, 0.1) is 0 Å². The average Bonchev–Trinajstić information content (AvgIpc) is 3.99. The third kappa shape index (κ3) is 5.40. The first-order valence-electron chi connectivity index (χ1n) is 21.1. The molecule has 0 saturated heterocycles. The number of furan rings is 1. The number of nitrogens with zero attached hydrogens (tertiary/aromatic N) is 3. The minimum atomic E-state index is 0.270. The second-order valence-corrected chi connectivity index (χ2v) is 17.5. The van der Waals surface area contributed by atoms with Crippen molar-refractivity contribution in [2.75, 3.05) is 0 Å². The summed E-state index contributed by atoms with van der Waals surface area (Å²) in [5.41, 5.74) is 11.7. The number of allylic oxidation sites excluding steroid dienone is 4. The van der Waals surface area contributed by atoms with Crippen LogP contribution in [0.3, 0.4) is 0 Å². The van der Waals surface area contributed by atoms with Gasteiger partial charge < -0.3 is 8.98 Å². The molecular formula is C56H37N3OS. The summed E-state index contributed by atoms with van der Waals surface area (Å²) in [7, 11) is 0. The summed E-state index contributed by atoms with van der Waals surface area (Å²) >= 11 is 1.96. The van der Waals surface area contributed by atoms with Crippen LogP contribution in [0.1, 0.15) is 35.4 Å². The van der Waals surface area contributed by atoms with Crippen molar-refractivity contribution in [2.45, 2.75) is 28.9 Å². The number of hydrogen-bond donors (Lipinski definition) is 0. The van der Waals surface area contributed by atoms with Gasteiger partial charge in [-0.25, -0.2) is 9.98 Å². The molecule has 0 amide bonds. The van der Waals surface area contributed by atoms with Gasteiger partial charge in [-0.2, -0.15) is 0 Å². The lowest BCUT2D eigenvalue weighted by molar-refractivity contribution is 0.666. The highest BCUT2D eigenvalue weighted by molar-refractivity contribution is 8.00. The van der Waals surface area contributed by atoms with Gasteiger partial charge in [0.05, 0.1) is 22.4 Å². The Morgan fingerprint density at radius 3 is 2.30 bits per heavy atom. The topological polar surface area (TPSA) is 42.8 Å². The second-order valence-electron chi connectivity index (χ2n) is 16.3. The van der Waals surface area contributed by atoms with E-state index in [9.17, 15) is 0 Å². The van der Waals surface area contributed by atoms with Crippen LogP contribution in [0.25, 0.3) is 76.7 Å². The Kier molecular flexibility index (Phi) is 7.76. The average molecular weight is 800 g/mol. The van der Waals surface area contributed by atoms with E-state index in [0.717, 1.165) is 79.9 Å². The Hall–Kier alpha value is -7.21. The van der Waals surface area contributed by atoms with Crippen LogP contribution in [-0.4, -0.2) is 21.4 Å². The molecule has 4 heterocycles. The molecule has 0 spiro atoms. The summed E-state index contributed by atoms with van der Waals surface area (Å²) < 4.78 is 9.42. The third-order valence-electron chi connectivity index (χ3n) is 12.9. The summed E-state index contributed by atoms with van der Waals surface area (Å²) in [5, 5.41) is 9.85. The lowest BCUT2D eigenvalue weighted by Gasteiger charge is -2.25. The summed E-state index contributed by atoms with van der Waals surface area (Å²) in [6.45, 7) is 0. The van der Waals surface area contributed by atoms with Gasteiger partial charge in [0.25, 0.3) is 0 Å². The van der Waals surface area contributed by atoms with Crippen LogP contribution >= 0.6 is 11.8 Å². The predicted molar refractivity (Wildman–Crippen MR) is 257 cm³/mol. The van der Waals surface area contributed by atoms with E-state index in [0.29, 0.717) is 5.25 Å². The van der Waals surface area contributed by atoms with Gasteiger partial charge in [0.2, 0.25) is 0 Å². The maximum absolute atomic E-state index is 7.00. The van der Waals surface area contributed by atoms with Crippen LogP contribution in [-0.2, 0) is 0 Å². The molecule has 0 radical (unpaired) electrons.